The summed E-state index contributed by atoms with van der Waals surface area (Å²) >= 11 is 0. The Labute approximate surface area is 125 Å². The molecule has 0 unspecified atom stereocenters. The van der Waals surface area contributed by atoms with Crippen LogP contribution in [-0.2, 0) is 4.79 Å². The van der Waals surface area contributed by atoms with Crippen LogP contribution in [0.1, 0.15) is 78.6 Å². The van der Waals surface area contributed by atoms with Crippen LogP contribution in [0.15, 0.2) is 36.0 Å². The summed E-state index contributed by atoms with van der Waals surface area (Å²) in [5, 5.41) is 0. The monoisotopic (exact) mass is 276 g/mol. The van der Waals surface area contributed by atoms with Crippen molar-refractivity contribution < 1.29 is 4.79 Å². The SMILES string of the molecule is C=CC(=O)C(=C)C(CCCC)=C(CCCC)CCCC. The molecule has 0 aromatic rings. The van der Waals surface area contributed by atoms with Crippen LogP contribution in [0.25, 0.3) is 0 Å². The number of carbonyl (C=O) groups excluding carboxylic acids is 1. The van der Waals surface area contributed by atoms with Crippen molar-refractivity contribution in [1.29, 1.82) is 0 Å². The van der Waals surface area contributed by atoms with Gasteiger partial charge in [0, 0.05) is 5.57 Å². The minimum absolute atomic E-state index is 0.0124. The third-order valence-electron chi connectivity index (χ3n) is 3.72. The molecule has 0 aliphatic carbocycles. The van der Waals surface area contributed by atoms with E-state index < -0.39 is 0 Å². The fraction of sp³-hybridized carbons (Fsp3) is 0.632. The first-order valence-corrected chi connectivity index (χ1v) is 8.19. The van der Waals surface area contributed by atoms with E-state index in [2.05, 4.69) is 33.9 Å². The molecule has 0 fully saturated rings. The van der Waals surface area contributed by atoms with E-state index in [1.54, 1.807) is 0 Å². The Morgan fingerprint density at radius 1 is 0.900 bits per heavy atom. The van der Waals surface area contributed by atoms with E-state index in [4.69, 9.17) is 0 Å². The van der Waals surface area contributed by atoms with Gasteiger partial charge in [-0.2, -0.15) is 0 Å². The highest BCUT2D eigenvalue weighted by molar-refractivity contribution is 6.06. The summed E-state index contributed by atoms with van der Waals surface area (Å²) in [5.74, 6) is -0.0124. The molecule has 0 radical (unpaired) electrons. The molecule has 114 valence electrons. The Balaban J connectivity index is 5.27. The Bertz CT molecular complexity index is 337. The first-order chi connectivity index (χ1) is 9.62. The summed E-state index contributed by atoms with van der Waals surface area (Å²) < 4.78 is 0. The molecule has 0 saturated carbocycles. The Hall–Kier alpha value is -1.11. The van der Waals surface area contributed by atoms with Crippen molar-refractivity contribution in [3.63, 3.8) is 0 Å². The molecule has 0 aromatic carbocycles. The summed E-state index contributed by atoms with van der Waals surface area (Å²) in [6.45, 7) is 14.3. The predicted molar refractivity (Wildman–Crippen MR) is 89.9 cm³/mol. The normalized spacial score (nSPS) is 10.2. The van der Waals surface area contributed by atoms with Crippen molar-refractivity contribution in [3.05, 3.63) is 36.0 Å². The maximum absolute atomic E-state index is 11.9. The summed E-state index contributed by atoms with van der Waals surface area (Å²) in [4.78, 5) is 11.9. The number of hydrogen-bond donors (Lipinski definition) is 0. The highest BCUT2D eigenvalue weighted by Gasteiger charge is 2.14. The van der Waals surface area contributed by atoms with Crippen LogP contribution in [0.3, 0.4) is 0 Å². The van der Waals surface area contributed by atoms with Gasteiger partial charge in [-0.1, -0.05) is 58.8 Å². The van der Waals surface area contributed by atoms with Crippen molar-refractivity contribution >= 4 is 5.78 Å². The molecule has 0 aliphatic rings. The number of hydrogen-bond acceptors (Lipinski definition) is 1. The van der Waals surface area contributed by atoms with Crippen LogP contribution in [-0.4, -0.2) is 5.78 Å². The first kappa shape index (κ1) is 18.9. The molecular weight excluding hydrogens is 244 g/mol. The predicted octanol–water partition coefficient (Wildman–Crippen LogP) is 6.16. The first-order valence-electron chi connectivity index (χ1n) is 8.19. The minimum Gasteiger partial charge on any atom is -0.289 e. The van der Waals surface area contributed by atoms with E-state index in [1.165, 1.54) is 42.9 Å². The summed E-state index contributed by atoms with van der Waals surface area (Å²) in [7, 11) is 0. The summed E-state index contributed by atoms with van der Waals surface area (Å²) in [5.41, 5.74) is 3.36. The van der Waals surface area contributed by atoms with E-state index in [0.29, 0.717) is 5.57 Å². The molecule has 0 saturated heterocycles. The van der Waals surface area contributed by atoms with E-state index >= 15 is 0 Å². The number of ketones is 1. The zero-order valence-electron chi connectivity index (χ0n) is 13.8. The number of unbranched alkanes of at least 4 members (excludes halogenated alkanes) is 3. The molecule has 1 heteroatoms. The molecule has 0 bridgehead atoms. The lowest BCUT2D eigenvalue weighted by Gasteiger charge is -2.16. The topological polar surface area (TPSA) is 17.1 Å². The lowest BCUT2D eigenvalue weighted by molar-refractivity contribution is -0.111. The van der Waals surface area contributed by atoms with Crippen LogP contribution < -0.4 is 0 Å². The average molecular weight is 276 g/mol. The Morgan fingerprint density at radius 2 is 1.35 bits per heavy atom. The lowest BCUT2D eigenvalue weighted by Crippen LogP contribution is -2.05. The molecule has 0 rings (SSSR count). The highest BCUT2D eigenvalue weighted by Crippen LogP contribution is 2.28. The average Bonchev–Trinajstić information content (AvgIpc) is 2.47. The van der Waals surface area contributed by atoms with Crippen molar-refractivity contribution in [2.45, 2.75) is 78.6 Å². The number of carbonyl (C=O) groups is 1. The molecule has 0 amide bonds. The molecule has 1 nitrogen and oxygen atoms in total. The van der Waals surface area contributed by atoms with Gasteiger partial charge < -0.3 is 0 Å². The van der Waals surface area contributed by atoms with Crippen molar-refractivity contribution in [2.75, 3.05) is 0 Å². The second kappa shape index (κ2) is 11.7. The maximum atomic E-state index is 11.9. The molecule has 20 heavy (non-hydrogen) atoms. The van der Waals surface area contributed by atoms with Crippen molar-refractivity contribution in [2.24, 2.45) is 0 Å². The summed E-state index contributed by atoms with van der Waals surface area (Å²) in [6.07, 6.45) is 11.7. The van der Waals surface area contributed by atoms with E-state index in [9.17, 15) is 4.79 Å². The molecule has 0 atom stereocenters. The molecular formula is C19H32O. The largest absolute Gasteiger partial charge is 0.289 e. The van der Waals surface area contributed by atoms with Gasteiger partial charge in [-0.3, -0.25) is 4.79 Å². The van der Waals surface area contributed by atoms with Crippen LogP contribution in [0.4, 0.5) is 0 Å². The van der Waals surface area contributed by atoms with Crippen molar-refractivity contribution in [1.82, 2.24) is 0 Å². The number of rotatable bonds is 12. The number of allylic oxidation sites excluding steroid dienone is 4. The molecule has 0 aromatic heterocycles. The second-order valence-corrected chi connectivity index (χ2v) is 5.44. The molecule has 0 heterocycles. The van der Waals surface area contributed by atoms with Gasteiger partial charge in [0.15, 0.2) is 5.78 Å². The minimum atomic E-state index is -0.0124. The fourth-order valence-electron chi connectivity index (χ4n) is 2.37. The fourth-order valence-corrected chi connectivity index (χ4v) is 2.37. The second-order valence-electron chi connectivity index (χ2n) is 5.44. The summed E-state index contributed by atoms with van der Waals surface area (Å²) in [6, 6.07) is 0. The van der Waals surface area contributed by atoms with E-state index in [-0.39, 0.29) is 5.78 Å². The van der Waals surface area contributed by atoms with Gasteiger partial charge in [0.1, 0.15) is 0 Å². The zero-order chi connectivity index (χ0) is 15.4. The quantitative estimate of drug-likeness (QED) is 0.308. The van der Waals surface area contributed by atoms with Gasteiger partial charge in [-0.15, -0.1) is 0 Å². The lowest BCUT2D eigenvalue weighted by atomic mass is 9.88. The van der Waals surface area contributed by atoms with Gasteiger partial charge in [-0.25, -0.2) is 0 Å². The van der Waals surface area contributed by atoms with Crippen molar-refractivity contribution in [3.8, 4) is 0 Å². The highest BCUT2D eigenvalue weighted by atomic mass is 16.1. The van der Waals surface area contributed by atoms with Gasteiger partial charge >= 0.3 is 0 Å². The van der Waals surface area contributed by atoms with E-state index in [0.717, 1.165) is 32.1 Å². The van der Waals surface area contributed by atoms with Crippen LogP contribution in [0, 0.1) is 0 Å². The third-order valence-corrected chi connectivity index (χ3v) is 3.72. The van der Waals surface area contributed by atoms with Gasteiger partial charge in [0.25, 0.3) is 0 Å². The molecule has 0 N–H and O–H groups in total. The van der Waals surface area contributed by atoms with Gasteiger partial charge in [0.05, 0.1) is 0 Å². The van der Waals surface area contributed by atoms with Crippen LogP contribution in [0.5, 0.6) is 0 Å². The molecule has 0 aliphatic heterocycles. The molecule has 0 spiro atoms. The van der Waals surface area contributed by atoms with E-state index in [1.807, 2.05) is 0 Å². The van der Waals surface area contributed by atoms with Crippen LogP contribution in [0.2, 0.25) is 0 Å². The maximum Gasteiger partial charge on any atom is 0.184 e. The van der Waals surface area contributed by atoms with Gasteiger partial charge in [0.2, 0.25) is 0 Å². The zero-order valence-corrected chi connectivity index (χ0v) is 13.8. The van der Waals surface area contributed by atoms with Crippen LogP contribution >= 0.6 is 0 Å². The smallest absolute Gasteiger partial charge is 0.184 e. The third kappa shape index (κ3) is 6.88. The standard InChI is InChI=1S/C19H32O/c1-6-10-13-17(14-11-7-2)18(15-12-8-3)16(5)19(20)9-4/h9H,4-8,10-15H2,1-3H3. The Kier molecular flexibility index (Phi) is 11.0. The van der Waals surface area contributed by atoms with Gasteiger partial charge in [-0.05, 0) is 50.2 Å². The Morgan fingerprint density at radius 3 is 1.75 bits per heavy atom.